The molecule has 1 saturated heterocycles. The third kappa shape index (κ3) is 3.58. The number of carbonyl (C=O) groups excluding carboxylic acids is 1. The van der Waals surface area contributed by atoms with Gasteiger partial charge in [0.05, 0.1) is 0 Å². The first kappa shape index (κ1) is 16.5. The van der Waals surface area contributed by atoms with Crippen LogP contribution in [0.4, 0.5) is 5.82 Å². The number of anilines is 1. The fourth-order valence-electron chi connectivity index (χ4n) is 2.98. The number of carbonyl (C=O) groups is 1. The molecule has 0 spiro atoms. The van der Waals surface area contributed by atoms with Crippen LogP contribution in [0.15, 0.2) is 42.6 Å². The fraction of sp³-hybridized carbons (Fsp3) is 0.400. The first-order chi connectivity index (χ1) is 11.5. The Morgan fingerprint density at radius 1 is 1.00 bits per heavy atom. The second kappa shape index (κ2) is 7.04. The zero-order valence-corrected chi connectivity index (χ0v) is 14.7. The van der Waals surface area contributed by atoms with Gasteiger partial charge in [-0.2, -0.15) is 0 Å². The quantitative estimate of drug-likeness (QED) is 0.868. The van der Waals surface area contributed by atoms with Crippen molar-refractivity contribution in [3.8, 4) is 0 Å². The number of piperazine rings is 1. The summed E-state index contributed by atoms with van der Waals surface area (Å²) in [7, 11) is 0. The minimum atomic E-state index is 0.127. The molecular formula is C20H25N3O. The van der Waals surface area contributed by atoms with E-state index in [0.29, 0.717) is 5.92 Å². The maximum Gasteiger partial charge on any atom is 0.253 e. The van der Waals surface area contributed by atoms with Crippen LogP contribution >= 0.6 is 0 Å². The van der Waals surface area contributed by atoms with Gasteiger partial charge in [0.25, 0.3) is 5.91 Å². The van der Waals surface area contributed by atoms with E-state index < -0.39 is 0 Å². The predicted molar refractivity (Wildman–Crippen MR) is 97.6 cm³/mol. The van der Waals surface area contributed by atoms with Gasteiger partial charge in [-0.05, 0) is 42.2 Å². The summed E-state index contributed by atoms with van der Waals surface area (Å²) >= 11 is 0. The molecule has 3 rings (SSSR count). The summed E-state index contributed by atoms with van der Waals surface area (Å²) in [4.78, 5) is 21.3. The summed E-state index contributed by atoms with van der Waals surface area (Å²) in [5.41, 5.74) is 3.21. The summed E-state index contributed by atoms with van der Waals surface area (Å²) in [6.45, 7) is 9.49. The van der Waals surface area contributed by atoms with Gasteiger partial charge in [-0.15, -0.1) is 0 Å². The van der Waals surface area contributed by atoms with Gasteiger partial charge in [-0.25, -0.2) is 4.98 Å². The second-order valence-corrected chi connectivity index (χ2v) is 6.75. The first-order valence-electron chi connectivity index (χ1n) is 8.61. The zero-order valence-electron chi connectivity index (χ0n) is 14.7. The highest BCUT2D eigenvalue weighted by Gasteiger charge is 2.22. The SMILES string of the molecule is Cc1ccc(N2CCN(C(=O)c3ccc(C(C)C)cc3)CC2)nc1. The molecule has 1 aromatic heterocycles. The fourth-order valence-corrected chi connectivity index (χ4v) is 2.98. The highest BCUT2D eigenvalue weighted by Crippen LogP contribution is 2.18. The third-order valence-corrected chi connectivity index (χ3v) is 4.61. The molecule has 2 aromatic rings. The number of pyridine rings is 1. The monoisotopic (exact) mass is 323 g/mol. The molecule has 1 amide bonds. The Morgan fingerprint density at radius 3 is 2.21 bits per heavy atom. The Hall–Kier alpha value is -2.36. The van der Waals surface area contributed by atoms with Crippen LogP contribution in [0.25, 0.3) is 0 Å². The summed E-state index contributed by atoms with van der Waals surface area (Å²) < 4.78 is 0. The molecular weight excluding hydrogens is 298 g/mol. The average Bonchev–Trinajstić information content (AvgIpc) is 2.62. The molecule has 1 aromatic carbocycles. The van der Waals surface area contributed by atoms with E-state index in [0.717, 1.165) is 43.1 Å². The zero-order chi connectivity index (χ0) is 17.1. The molecule has 1 aliphatic heterocycles. The van der Waals surface area contributed by atoms with E-state index in [-0.39, 0.29) is 5.91 Å². The van der Waals surface area contributed by atoms with Gasteiger partial charge in [0.1, 0.15) is 5.82 Å². The normalized spacial score (nSPS) is 15.0. The van der Waals surface area contributed by atoms with Crippen LogP contribution in [-0.2, 0) is 0 Å². The summed E-state index contributed by atoms with van der Waals surface area (Å²) in [6, 6.07) is 12.2. The molecule has 0 unspecified atom stereocenters. The standard InChI is InChI=1S/C20H25N3O/c1-15(2)17-5-7-18(8-6-17)20(24)23-12-10-22(11-13-23)19-9-4-16(3)14-21-19/h4-9,14-15H,10-13H2,1-3H3. The van der Waals surface area contributed by atoms with Crippen molar-refractivity contribution >= 4 is 11.7 Å². The first-order valence-corrected chi connectivity index (χ1v) is 8.61. The number of nitrogens with zero attached hydrogens (tertiary/aromatic N) is 3. The maximum atomic E-state index is 12.7. The van der Waals surface area contributed by atoms with E-state index in [4.69, 9.17) is 0 Å². The molecule has 0 bridgehead atoms. The van der Waals surface area contributed by atoms with Gasteiger partial charge in [0.15, 0.2) is 0 Å². The van der Waals surface area contributed by atoms with Gasteiger partial charge in [0.2, 0.25) is 0 Å². The summed E-state index contributed by atoms with van der Waals surface area (Å²) in [6.07, 6.45) is 1.89. The van der Waals surface area contributed by atoms with Gasteiger partial charge >= 0.3 is 0 Å². The Kier molecular flexibility index (Phi) is 4.84. The highest BCUT2D eigenvalue weighted by molar-refractivity contribution is 5.94. The third-order valence-electron chi connectivity index (χ3n) is 4.61. The minimum absolute atomic E-state index is 0.127. The lowest BCUT2D eigenvalue weighted by atomic mass is 10.0. The number of rotatable bonds is 3. The molecule has 0 radical (unpaired) electrons. The van der Waals surface area contributed by atoms with Crippen molar-refractivity contribution in [2.75, 3.05) is 31.1 Å². The van der Waals surface area contributed by atoms with E-state index in [1.807, 2.05) is 30.2 Å². The van der Waals surface area contributed by atoms with Gasteiger partial charge in [0, 0.05) is 37.9 Å². The van der Waals surface area contributed by atoms with Crippen LogP contribution in [0.5, 0.6) is 0 Å². The molecule has 1 aliphatic rings. The molecule has 0 N–H and O–H groups in total. The Bertz CT molecular complexity index is 684. The van der Waals surface area contributed by atoms with Gasteiger partial charge in [-0.3, -0.25) is 4.79 Å². The molecule has 2 heterocycles. The van der Waals surface area contributed by atoms with E-state index >= 15 is 0 Å². The van der Waals surface area contributed by atoms with E-state index in [1.165, 1.54) is 5.56 Å². The maximum absolute atomic E-state index is 12.7. The topological polar surface area (TPSA) is 36.4 Å². The largest absolute Gasteiger partial charge is 0.353 e. The molecule has 4 heteroatoms. The number of aryl methyl sites for hydroxylation is 1. The smallest absolute Gasteiger partial charge is 0.253 e. The lowest BCUT2D eigenvalue weighted by Crippen LogP contribution is -2.49. The van der Waals surface area contributed by atoms with Crippen LogP contribution in [-0.4, -0.2) is 42.0 Å². The Morgan fingerprint density at radius 2 is 1.67 bits per heavy atom. The van der Waals surface area contributed by atoms with Crippen molar-refractivity contribution in [1.82, 2.24) is 9.88 Å². The van der Waals surface area contributed by atoms with Crippen LogP contribution in [0, 0.1) is 6.92 Å². The lowest BCUT2D eigenvalue weighted by molar-refractivity contribution is 0.0746. The average molecular weight is 323 g/mol. The van der Waals surface area contributed by atoms with Crippen molar-refractivity contribution in [3.05, 3.63) is 59.3 Å². The van der Waals surface area contributed by atoms with E-state index in [1.54, 1.807) is 0 Å². The Labute approximate surface area is 144 Å². The summed E-state index contributed by atoms with van der Waals surface area (Å²) in [5.74, 6) is 1.61. The number of benzene rings is 1. The lowest BCUT2D eigenvalue weighted by Gasteiger charge is -2.35. The van der Waals surface area contributed by atoms with Gasteiger partial charge < -0.3 is 9.80 Å². The molecule has 0 aliphatic carbocycles. The van der Waals surface area contributed by atoms with E-state index in [2.05, 4.69) is 48.0 Å². The number of aromatic nitrogens is 1. The van der Waals surface area contributed by atoms with Gasteiger partial charge in [-0.1, -0.05) is 32.0 Å². The number of hydrogen-bond acceptors (Lipinski definition) is 3. The van der Waals surface area contributed by atoms with Crippen LogP contribution in [0.1, 0.15) is 41.3 Å². The van der Waals surface area contributed by atoms with Crippen molar-refractivity contribution in [1.29, 1.82) is 0 Å². The number of amides is 1. The van der Waals surface area contributed by atoms with Crippen LogP contribution in [0.2, 0.25) is 0 Å². The molecule has 1 fully saturated rings. The predicted octanol–water partition coefficient (Wildman–Crippen LogP) is 3.48. The molecule has 0 atom stereocenters. The molecule has 24 heavy (non-hydrogen) atoms. The Balaban J connectivity index is 1.61. The molecule has 126 valence electrons. The second-order valence-electron chi connectivity index (χ2n) is 6.75. The minimum Gasteiger partial charge on any atom is -0.353 e. The van der Waals surface area contributed by atoms with Crippen molar-refractivity contribution in [3.63, 3.8) is 0 Å². The number of hydrogen-bond donors (Lipinski definition) is 0. The van der Waals surface area contributed by atoms with Crippen molar-refractivity contribution in [2.24, 2.45) is 0 Å². The van der Waals surface area contributed by atoms with Crippen molar-refractivity contribution < 1.29 is 4.79 Å². The van der Waals surface area contributed by atoms with E-state index in [9.17, 15) is 4.79 Å². The van der Waals surface area contributed by atoms with Crippen LogP contribution < -0.4 is 4.90 Å². The highest BCUT2D eigenvalue weighted by atomic mass is 16.2. The molecule has 0 saturated carbocycles. The van der Waals surface area contributed by atoms with Crippen molar-refractivity contribution in [2.45, 2.75) is 26.7 Å². The van der Waals surface area contributed by atoms with Crippen LogP contribution in [0.3, 0.4) is 0 Å². The summed E-state index contributed by atoms with van der Waals surface area (Å²) in [5, 5.41) is 0. The molecule has 4 nitrogen and oxygen atoms in total.